The number of rotatable bonds is 3. The van der Waals surface area contributed by atoms with Gasteiger partial charge in [-0.1, -0.05) is 32.4 Å². The molecule has 0 saturated heterocycles. The summed E-state index contributed by atoms with van der Waals surface area (Å²) in [4.78, 5) is 0. The third-order valence-corrected chi connectivity index (χ3v) is 3.36. The largest absolute Gasteiger partial charge is 0.427 e. The van der Waals surface area contributed by atoms with Crippen LogP contribution in [0.2, 0.25) is 0 Å². The Morgan fingerprint density at radius 3 is 2.88 bits per heavy atom. The average Bonchev–Trinajstić information content (AvgIpc) is 2.70. The first kappa shape index (κ1) is 11.8. The molecule has 0 aliphatic rings. The molecule has 1 heterocycles. The standard InChI is InChI=1S/C9H5BrClFN2OS/c10-5-1-2-7(6(12)3-5)15-9-14-13-8(4-11)16-9/h1-3H,4H2. The van der Waals surface area contributed by atoms with E-state index in [1.165, 1.54) is 23.5 Å². The van der Waals surface area contributed by atoms with Gasteiger partial charge in [0.25, 0.3) is 5.19 Å². The van der Waals surface area contributed by atoms with Crippen molar-refractivity contribution in [1.82, 2.24) is 10.2 Å². The second-order valence-electron chi connectivity index (χ2n) is 2.77. The highest BCUT2D eigenvalue weighted by Crippen LogP contribution is 2.29. The Hall–Kier alpha value is -0.720. The number of hydrogen-bond acceptors (Lipinski definition) is 4. The predicted molar refractivity (Wildman–Crippen MR) is 63.6 cm³/mol. The Balaban J connectivity index is 2.20. The fraction of sp³-hybridized carbons (Fsp3) is 0.111. The molecule has 0 bridgehead atoms. The van der Waals surface area contributed by atoms with E-state index in [2.05, 4.69) is 26.1 Å². The molecule has 0 aliphatic heterocycles. The van der Waals surface area contributed by atoms with Gasteiger partial charge in [0.1, 0.15) is 5.01 Å². The molecule has 0 saturated carbocycles. The molecule has 3 nitrogen and oxygen atoms in total. The highest BCUT2D eigenvalue weighted by molar-refractivity contribution is 9.10. The molecule has 0 spiro atoms. The van der Waals surface area contributed by atoms with Crippen molar-refractivity contribution >= 4 is 38.9 Å². The van der Waals surface area contributed by atoms with Crippen molar-refractivity contribution in [3.05, 3.63) is 33.5 Å². The monoisotopic (exact) mass is 322 g/mol. The predicted octanol–water partition coefficient (Wildman–Crippen LogP) is 3.97. The maximum absolute atomic E-state index is 13.4. The molecule has 2 aromatic rings. The van der Waals surface area contributed by atoms with E-state index in [1.54, 1.807) is 6.07 Å². The second-order valence-corrected chi connectivity index (χ2v) is 4.98. The van der Waals surface area contributed by atoms with Crippen LogP contribution in [0.5, 0.6) is 10.9 Å². The number of hydrogen-bond donors (Lipinski definition) is 0. The average molecular weight is 324 g/mol. The Morgan fingerprint density at radius 1 is 1.44 bits per heavy atom. The highest BCUT2D eigenvalue weighted by atomic mass is 79.9. The van der Waals surface area contributed by atoms with Crippen molar-refractivity contribution in [3.63, 3.8) is 0 Å². The number of alkyl halides is 1. The Bertz CT molecular complexity index is 508. The van der Waals surface area contributed by atoms with Crippen LogP contribution in [0.4, 0.5) is 4.39 Å². The lowest BCUT2D eigenvalue weighted by molar-refractivity contribution is 0.435. The van der Waals surface area contributed by atoms with Crippen LogP contribution in [0.3, 0.4) is 0 Å². The van der Waals surface area contributed by atoms with Crippen molar-refractivity contribution < 1.29 is 9.13 Å². The first-order valence-electron chi connectivity index (χ1n) is 4.20. The molecule has 2 rings (SSSR count). The van der Waals surface area contributed by atoms with E-state index >= 15 is 0 Å². The molecule has 0 radical (unpaired) electrons. The van der Waals surface area contributed by atoms with E-state index in [0.717, 1.165) is 0 Å². The van der Waals surface area contributed by atoms with Crippen LogP contribution in [0.25, 0.3) is 0 Å². The zero-order valence-corrected chi connectivity index (χ0v) is 10.9. The summed E-state index contributed by atoms with van der Waals surface area (Å²) in [5, 5.41) is 8.40. The summed E-state index contributed by atoms with van der Waals surface area (Å²) in [6, 6.07) is 4.52. The van der Waals surface area contributed by atoms with E-state index in [4.69, 9.17) is 16.3 Å². The molecule has 0 aliphatic carbocycles. The van der Waals surface area contributed by atoms with Crippen molar-refractivity contribution in [3.8, 4) is 10.9 Å². The lowest BCUT2D eigenvalue weighted by atomic mass is 10.3. The molecular formula is C9H5BrClFN2OS. The summed E-state index contributed by atoms with van der Waals surface area (Å²) in [5.74, 6) is -0.0819. The summed E-state index contributed by atoms with van der Waals surface area (Å²) in [5.41, 5.74) is 0. The summed E-state index contributed by atoms with van der Waals surface area (Å²) < 4.78 is 19.3. The van der Waals surface area contributed by atoms with Crippen LogP contribution in [-0.2, 0) is 5.88 Å². The molecule has 1 aromatic heterocycles. The summed E-state index contributed by atoms with van der Waals surface area (Å²) in [7, 11) is 0. The SMILES string of the molecule is Fc1cc(Br)ccc1Oc1nnc(CCl)s1. The van der Waals surface area contributed by atoms with Crippen LogP contribution < -0.4 is 4.74 Å². The zero-order chi connectivity index (χ0) is 11.5. The van der Waals surface area contributed by atoms with Crippen LogP contribution in [0.15, 0.2) is 22.7 Å². The normalized spacial score (nSPS) is 10.4. The third kappa shape index (κ3) is 2.69. The number of aromatic nitrogens is 2. The Labute approximate surface area is 108 Å². The van der Waals surface area contributed by atoms with Gasteiger partial charge in [0.05, 0.1) is 5.88 Å². The first-order chi connectivity index (χ1) is 7.69. The maximum atomic E-state index is 13.4. The number of nitrogens with zero attached hydrogens (tertiary/aromatic N) is 2. The summed E-state index contributed by atoms with van der Waals surface area (Å²) >= 11 is 9.91. The minimum absolute atomic E-state index is 0.112. The number of benzene rings is 1. The third-order valence-electron chi connectivity index (χ3n) is 1.65. The molecule has 0 fully saturated rings. The van der Waals surface area contributed by atoms with Crippen molar-refractivity contribution in [1.29, 1.82) is 0 Å². The van der Waals surface area contributed by atoms with Gasteiger partial charge in [-0.25, -0.2) is 4.39 Å². The fourth-order valence-electron chi connectivity index (χ4n) is 0.985. The Kier molecular flexibility index (Phi) is 3.73. The lowest BCUT2D eigenvalue weighted by Crippen LogP contribution is -1.87. The first-order valence-corrected chi connectivity index (χ1v) is 6.34. The van der Waals surface area contributed by atoms with Gasteiger partial charge in [0, 0.05) is 4.47 Å². The Morgan fingerprint density at radius 2 is 2.25 bits per heavy atom. The van der Waals surface area contributed by atoms with Crippen LogP contribution in [0.1, 0.15) is 5.01 Å². The lowest BCUT2D eigenvalue weighted by Gasteiger charge is -2.02. The van der Waals surface area contributed by atoms with E-state index in [0.29, 0.717) is 9.48 Å². The molecular weight excluding hydrogens is 319 g/mol. The number of halogens is 3. The molecule has 1 aromatic carbocycles. The second kappa shape index (κ2) is 5.07. The van der Waals surface area contributed by atoms with Gasteiger partial charge in [0.15, 0.2) is 11.6 Å². The van der Waals surface area contributed by atoms with Crippen molar-refractivity contribution in [2.45, 2.75) is 5.88 Å². The van der Waals surface area contributed by atoms with Gasteiger partial charge in [-0.15, -0.1) is 16.7 Å². The number of ether oxygens (including phenoxy) is 1. The molecule has 0 atom stereocenters. The van der Waals surface area contributed by atoms with Crippen LogP contribution >= 0.6 is 38.9 Å². The fourth-order valence-corrected chi connectivity index (χ4v) is 2.09. The van der Waals surface area contributed by atoms with Crippen molar-refractivity contribution in [2.75, 3.05) is 0 Å². The minimum Gasteiger partial charge on any atom is -0.427 e. The minimum atomic E-state index is -0.461. The van der Waals surface area contributed by atoms with Crippen molar-refractivity contribution in [2.24, 2.45) is 0 Å². The van der Waals surface area contributed by atoms with E-state index in [-0.39, 0.29) is 16.8 Å². The van der Waals surface area contributed by atoms with Gasteiger partial charge < -0.3 is 4.74 Å². The van der Waals surface area contributed by atoms with Gasteiger partial charge in [0.2, 0.25) is 0 Å². The highest BCUT2D eigenvalue weighted by Gasteiger charge is 2.09. The van der Waals surface area contributed by atoms with Gasteiger partial charge >= 0.3 is 0 Å². The zero-order valence-electron chi connectivity index (χ0n) is 7.78. The van der Waals surface area contributed by atoms with Gasteiger partial charge in [-0.2, -0.15) is 0 Å². The van der Waals surface area contributed by atoms with E-state index < -0.39 is 5.82 Å². The molecule has 0 N–H and O–H groups in total. The summed E-state index contributed by atoms with van der Waals surface area (Å²) in [6.07, 6.45) is 0. The topological polar surface area (TPSA) is 35.0 Å². The molecule has 0 amide bonds. The molecule has 16 heavy (non-hydrogen) atoms. The summed E-state index contributed by atoms with van der Waals surface area (Å²) in [6.45, 7) is 0. The van der Waals surface area contributed by atoms with Gasteiger partial charge in [-0.05, 0) is 18.2 Å². The molecule has 0 unspecified atom stereocenters. The molecule has 7 heteroatoms. The molecule has 84 valence electrons. The maximum Gasteiger partial charge on any atom is 0.299 e. The van der Waals surface area contributed by atoms with E-state index in [1.807, 2.05) is 0 Å². The van der Waals surface area contributed by atoms with Crippen LogP contribution in [-0.4, -0.2) is 10.2 Å². The van der Waals surface area contributed by atoms with Crippen LogP contribution in [0, 0.1) is 5.82 Å². The van der Waals surface area contributed by atoms with E-state index in [9.17, 15) is 4.39 Å². The quantitative estimate of drug-likeness (QED) is 0.802. The van der Waals surface area contributed by atoms with Gasteiger partial charge in [-0.3, -0.25) is 0 Å². The smallest absolute Gasteiger partial charge is 0.299 e.